The maximum atomic E-state index is 6.16. The van der Waals surface area contributed by atoms with Crippen molar-refractivity contribution in [1.82, 2.24) is 0 Å². The van der Waals surface area contributed by atoms with E-state index in [4.69, 9.17) is 9.47 Å². The quantitative estimate of drug-likeness (QED) is 0.498. The predicted octanol–water partition coefficient (Wildman–Crippen LogP) is 5.29. The van der Waals surface area contributed by atoms with Crippen LogP contribution in [0.1, 0.15) is 53.0 Å². The molecule has 2 heteroatoms. The second-order valence-corrected chi connectivity index (χ2v) is 6.27. The molecule has 0 bridgehead atoms. The summed E-state index contributed by atoms with van der Waals surface area (Å²) in [6, 6.07) is 7.92. The van der Waals surface area contributed by atoms with E-state index in [1.165, 1.54) is 0 Å². The molecule has 1 atom stereocenters. The fourth-order valence-electron chi connectivity index (χ4n) is 1.71. The largest absolute Gasteiger partial charge is 0.462 e. The van der Waals surface area contributed by atoms with Crippen molar-refractivity contribution < 1.29 is 9.47 Å². The number of rotatable bonds is 7. The Morgan fingerprint density at radius 3 is 2.15 bits per heavy atom. The average Bonchev–Trinajstić information content (AvgIpc) is 2.38. The van der Waals surface area contributed by atoms with Gasteiger partial charge in [0.2, 0.25) is 5.79 Å². The van der Waals surface area contributed by atoms with Crippen LogP contribution in [0, 0.1) is 5.41 Å². The number of unbranched alkanes of at least 4 members (excludes halogenated alkanes) is 1. The third kappa shape index (κ3) is 4.38. The zero-order valence-electron chi connectivity index (χ0n) is 13.5. The Hall–Kier alpha value is -1.28. The lowest BCUT2D eigenvalue weighted by Gasteiger charge is -2.41. The molecule has 0 aliphatic heterocycles. The number of benzene rings is 1. The van der Waals surface area contributed by atoms with Gasteiger partial charge in [-0.1, -0.05) is 58.9 Å². The van der Waals surface area contributed by atoms with Gasteiger partial charge in [0, 0.05) is 12.3 Å². The molecule has 1 aromatic carbocycles. The summed E-state index contributed by atoms with van der Waals surface area (Å²) in [4.78, 5) is 0. The van der Waals surface area contributed by atoms with Crippen LogP contribution in [-0.2, 0) is 4.74 Å². The lowest BCUT2D eigenvalue weighted by molar-refractivity contribution is -0.230. The van der Waals surface area contributed by atoms with Crippen molar-refractivity contribution in [3.05, 3.63) is 36.4 Å². The Morgan fingerprint density at radius 2 is 1.70 bits per heavy atom. The van der Waals surface area contributed by atoms with E-state index in [1.54, 1.807) is 0 Å². The molecule has 1 rings (SSSR count). The molecular formula is C18H28O2. The van der Waals surface area contributed by atoms with Gasteiger partial charge in [-0.05, 0) is 24.1 Å². The van der Waals surface area contributed by atoms with E-state index in [9.17, 15) is 0 Å². The number of ether oxygens (including phenoxy) is 2. The molecule has 112 valence electrons. The summed E-state index contributed by atoms with van der Waals surface area (Å²) < 4.78 is 12.2. The monoisotopic (exact) mass is 276 g/mol. The molecule has 1 aromatic rings. The van der Waals surface area contributed by atoms with Crippen LogP contribution < -0.4 is 4.74 Å². The first-order chi connectivity index (χ1) is 9.32. The highest BCUT2D eigenvalue weighted by Crippen LogP contribution is 2.36. The van der Waals surface area contributed by atoms with Crippen LogP contribution in [-0.4, -0.2) is 12.4 Å². The van der Waals surface area contributed by atoms with Crippen LogP contribution in [0.25, 0.3) is 6.08 Å². The van der Waals surface area contributed by atoms with Crippen molar-refractivity contribution in [1.29, 1.82) is 0 Å². The normalized spacial score (nSPS) is 14.7. The molecule has 0 fully saturated rings. The van der Waals surface area contributed by atoms with Gasteiger partial charge in [-0.3, -0.25) is 0 Å². The Balaban J connectivity index is 2.85. The maximum Gasteiger partial charge on any atom is 0.212 e. The van der Waals surface area contributed by atoms with Gasteiger partial charge in [0.15, 0.2) is 0 Å². The van der Waals surface area contributed by atoms with Gasteiger partial charge >= 0.3 is 0 Å². The first-order valence-electron chi connectivity index (χ1n) is 7.38. The summed E-state index contributed by atoms with van der Waals surface area (Å²) in [5.74, 6) is 0.183. The summed E-state index contributed by atoms with van der Waals surface area (Å²) in [5.41, 5.74) is 0.972. The molecule has 0 saturated heterocycles. The van der Waals surface area contributed by atoms with E-state index >= 15 is 0 Å². The minimum Gasteiger partial charge on any atom is -0.462 e. The molecule has 20 heavy (non-hydrogen) atoms. The third-order valence-corrected chi connectivity index (χ3v) is 3.67. The van der Waals surface area contributed by atoms with Crippen LogP contribution in [0.3, 0.4) is 0 Å². The standard InChI is InChI=1S/C18H28O2/c1-7-9-14-19-18(6,17(3,4)5)20-16-12-10-15(8-2)11-13-16/h8,10-13H,2,7,9,14H2,1,3-6H3. The molecule has 0 heterocycles. The van der Waals surface area contributed by atoms with E-state index in [1.807, 2.05) is 37.3 Å². The second-order valence-electron chi connectivity index (χ2n) is 6.27. The lowest BCUT2D eigenvalue weighted by Crippen LogP contribution is -2.48. The van der Waals surface area contributed by atoms with Crippen molar-refractivity contribution in [3.63, 3.8) is 0 Å². The van der Waals surface area contributed by atoms with Gasteiger partial charge in [-0.2, -0.15) is 0 Å². The molecule has 0 N–H and O–H groups in total. The van der Waals surface area contributed by atoms with Crippen LogP contribution in [0.2, 0.25) is 0 Å². The van der Waals surface area contributed by atoms with Gasteiger partial charge in [0.25, 0.3) is 0 Å². The summed E-state index contributed by atoms with van der Waals surface area (Å²) in [7, 11) is 0. The Kier molecular flexibility index (Phi) is 5.82. The molecule has 1 unspecified atom stereocenters. The smallest absolute Gasteiger partial charge is 0.212 e. The van der Waals surface area contributed by atoms with Crippen LogP contribution in [0.15, 0.2) is 30.8 Å². The van der Waals surface area contributed by atoms with Crippen LogP contribution >= 0.6 is 0 Å². The highest BCUT2D eigenvalue weighted by atomic mass is 16.7. The van der Waals surface area contributed by atoms with Crippen molar-refractivity contribution in [3.8, 4) is 5.75 Å². The van der Waals surface area contributed by atoms with Crippen molar-refractivity contribution in [2.45, 2.75) is 53.2 Å². The fraction of sp³-hybridized carbons (Fsp3) is 0.556. The highest BCUT2D eigenvalue weighted by Gasteiger charge is 2.41. The third-order valence-electron chi connectivity index (χ3n) is 3.67. The number of hydrogen-bond acceptors (Lipinski definition) is 2. The van der Waals surface area contributed by atoms with E-state index in [0.717, 1.165) is 30.8 Å². The lowest BCUT2D eigenvalue weighted by atomic mass is 9.86. The maximum absolute atomic E-state index is 6.16. The Labute approximate surface area is 123 Å². The van der Waals surface area contributed by atoms with Crippen LogP contribution in [0.4, 0.5) is 0 Å². The molecule has 0 saturated carbocycles. The van der Waals surface area contributed by atoms with Crippen molar-refractivity contribution in [2.24, 2.45) is 5.41 Å². The minimum atomic E-state index is -0.641. The average molecular weight is 276 g/mol. The second kappa shape index (κ2) is 6.94. The Morgan fingerprint density at radius 1 is 1.10 bits per heavy atom. The number of hydrogen-bond donors (Lipinski definition) is 0. The first-order valence-corrected chi connectivity index (χ1v) is 7.38. The van der Waals surface area contributed by atoms with E-state index < -0.39 is 5.79 Å². The molecule has 0 aromatic heterocycles. The zero-order valence-corrected chi connectivity index (χ0v) is 13.5. The van der Waals surface area contributed by atoms with E-state index in [2.05, 4.69) is 34.3 Å². The fourth-order valence-corrected chi connectivity index (χ4v) is 1.71. The zero-order chi connectivity index (χ0) is 15.2. The SMILES string of the molecule is C=Cc1ccc(OC(C)(OCCCC)C(C)(C)C)cc1. The van der Waals surface area contributed by atoms with Gasteiger partial charge in [0.1, 0.15) is 5.75 Å². The minimum absolute atomic E-state index is 0.113. The van der Waals surface area contributed by atoms with Gasteiger partial charge in [-0.15, -0.1) is 0 Å². The molecule has 2 nitrogen and oxygen atoms in total. The Bertz CT molecular complexity index is 414. The molecule has 0 aliphatic rings. The van der Waals surface area contributed by atoms with Gasteiger partial charge < -0.3 is 9.47 Å². The van der Waals surface area contributed by atoms with Gasteiger partial charge in [0.05, 0.1) is 6.61 Å². The summed E-state index contributed by atoms with van der Waals surface area (Å²) in [6.07, 6.45) is 3.99. The summed E-state index contributed by atoms with van der Waals surface area (Å²) >= 11 is 0. The van der Waals surface area contributed by atoms with Crippen molar-refractivity contribution in [2.75, 3.05) is 6.61 Å². The summed E-state index contributed by atoms with van der Waals surface area (Å²) in [5, 5.41) is 0. The van der Waals surface area contributed by atoms with Crippen molar-refractivity contribution >= 4 is 6.08 Å². The molecular weight excluding hydrogens is 248 g/mol. The molecule has 0 amide bonds. The van der Waals surface area contributed by atoms with E-state index in [-0.39, 0.29) is 5.41 Å². The molecule has 0 radical (unpaired) electrons. The van der Waals surface area contributed by atoms with E-state index in [0.29, 0.717) is 0 Å². The molecule has 0 aliphatic carbocycles. The molecule has 0 spiro atoms. The van der Waals surface area contributed by atoms with Gasteiger partial charge in [-0.25, -0.2) is 0 Å². The topological polar surface area (TPSA) is 18.5 Å². The van der Waals surface area contributed by atoms with Crippen LogP contribution in [0.5, 0.6) is 5.75 Å². The summed E-state index contributed by atoms with van der Waals surface area (Å²) in [6.45, 7) is 15.1. The highest BCUT2D eigenvalue weighted by molar-refractivity contribution is 5.48. The predicted molar refractivity (Wildman–Crippen MR) is 85.9 cm³/mol. The first kappa shape index (κ1) is 16.8.